The Kier molecular flexibility index (Phi) is 4.59. The van der Waals surface area contributed by atoms with Crippen LogP contribution in [0.4, 0.5) is 0 Å². The third-order valence-electron chi connectivity index (χ3n) is 3.89. The van der Waals surface area contributed by atoms with E-state index in [0.717, 1.165) is 18.4 Å². The van der Waals surface area contributed by atoms with Crippen LogP contribution in [0, 0.1) is 0 Å². The summed E-state index contributed by atoms with van der Waals surface area (Å²) in [4.78, 5) is 13.1. The third kappa shape index (κ3) is 3.57. The molecule has 1 amide bonds. The fourth-order valence-electron chi connectivity index (χ4n) is 2.61. The normalized spacial score (nSPS) is 15.7. The van der Waals surface area contributed by atoms with Gasteiger partial charge in [0.1, 0.15) is 0 Å². The van der Waals surface area contributed by atoms with Gasteiger partial charge in [-0.05, 0) is 48.8 Å². The van der Waals surface area contributed by atoms with E-state index in [2.05, 4.69) is 12.1 Å². The first-order valence-electron chi connectivity index (χ1n) is 7.08. The number of benzene rings is 1. The second-order valence-electron chi connectivity index (χ2n) is 5.58. The maximum absolute atomic E-state index is 11.5. The summed E-state index contributed by atoms with van der Waals surface area (Å²) in [6.45, 7) is 0. The van der Waals surface area contributed by atoms with Gasteiger partial charge in [0.15, 0.2) is 0 Å². The first-order chi connectivity index (χ1) is 9.08. The number of hydrogen-bond acceptors (Lipinski definition) is 2. The molecular weight excluding hydrogens is 238 g/mol. The van der Waals surface area contributed by atoms with Crippen LogP contribution < -0.4 is 0 Å². The Morgan fingerprint density at radius 2 is 1.95 bits per heavy atom. The summed E-state index contributed by atoms with van der Waals surface area (Å²) in [5.41, 5.74) is 3.75. The van der Waals surface area contributed by atoms with Gasteiger partial charge < -0.3 is 10.0 Å². The molecule has 1 atom stereocenters. The molecule has 1 aliphatic rings. The van der Waals surface area contributed by atoms with Crippen molar-refractivity contribution < 1.29 is 9.90 Å². The standard InChI is InChI=1S/C16H23NO2/c1-17(2)16(19)10-9-15(18)14-8-7-12-5-3-4-6-13(12)11-14/h7-8,11,15,18H,3-6,9-10H2,1-2H3. The van der Waals surface area contributed by atoms with Crippen LogP contribution in [0.2, 0.25) is 0 Å². The van der Waals surface area contributed by atoms with Gasteiger partial charge in [-0.2, -0.15) is 0 Å². The molecule has 0 bridgehead atoms. The number of amides is 1. The van der Waals surface area contributed by atoms with Crippen molar-refractivity contribution in [3.8, 4) is 0 Å². The molecule has 3 nitrogen and oxygen atoms in total. The number of fused-ring (bicyclic) bond motifs is 1. The largest absolute Gasteiger partial charge is 0.388 e. The van der Waals surface area contributed by atoms with Crippen molar-refractivity contribution in [2.45, 2.75) is 44.6 Å². The maximum Gasteiger partial charge on any atom is 0.222 e. The molecule has 0 saturated heterocycles. The molecule has 0 aromatic heterocycles. The van der Waals surface area contributed by atoms with Gasteiger partial charge in [-0.3, -0.25) is 4.79 Å². The fourth-order valence-corrected chi connectivity index (χ4v) is 2.61. The summed E-state index contributed by atoms with van der Waals surface area (Å²) in [7, 11) is 3.49. The van der Waals surface area contributed by atoms with Gasteiger partial charge in [0.05, 0.1) is 6.10 Å². The zero-order valence-corrected chi connectivity index (χ0v) is 11.9. The average Bonchev–Trinajstić information content (AvgIpc) is 2.43. The number of carbonyl (C=O) groups excluding carboxylic acids is 1. The van der Waals surface area contributed by atoms with Gasteiger partial charge in [0.2, 0.25) is 5.91 Å². The van der Waals surface area contributed by atoms with Gasteiger partial charge in [-0.25, -0.2) is 0 Å². The molecule has 1 N–H and O–H groups in total. The highest BCUT2D eigenvalue weighted by atomic mass is 16.3. The lowest BCUT2D eigenvalue weighted by molar-refractivity contribution is -0.129. The Labute approximate surface area is 115 Å². The molecule has 1 unspecified atom stereocenters. The van der Waals surface area contributed by atoms with Crippen LogP contribution >= 0.6 is 0 Å². The Morgan fingerprint density at radius 3 is 2.63 bits per heavy atom. The van der Waals surface area contributed by atoms with Crippen molar-refractivity contribution in [3.63, 3.8) is 0 Å². The zero-order valence-electron chi connectivity index (χ0n) is 11.9. The summed E-state index contributed by atoms with van der Waals surface area (Å²) in [6, 6.07) is 6.27. The summed E-state index contributed by atoms with van der Waals surface area (Å²) < 4.78 is 0. The zero-order chi connectivity index (χ0) is 13.8. The SMILES string of the molecule is CN(C)C(=O)CCC(O)c1ccc2c(c1)CCCC2. The van der Waals surface area contributed by atoms with E-state index in [-0.39, 0.29) is 5.91 Å². The highest BCUT2D eigenvalue weighted by molar-refractivity contribution is 5.75. The van der Waals surface area contributed by atoms with Crippen molar-refractivity contribution in [3.05, 3.63) is 34.9 Å². The highest BCUT2D eigenvalue weighted by Gasteiger charge is 2.15. The smallest absolute Gasteiger partial charge is 0.222 e. The highest BCUT2D eigenvalue weighted by Crippen LogP contribution is 2.26. The van der Waals surface area contributed by atoms with Crippen LogP contribution in [0.15, 0.2) is 18.2 Å². The van der Waals surface area contributed by atoms with Crippen LogP contribution in [0.5, 0.6) is 0 Å². The number of carbonyl (C=O) groups is 1. The molecule has 0 saturated carbocycles. The predicted molar refractivity (Wildman–Crippen MR) is 76.0 cm³/mol. The molecule has 1 aromatic rings. The Bertz CT molecular complexity index is 454. The molecule has 0 radical (unpaired) electrons. The molecular formula is C16H23NO2. The third-order valence-corrected chi connectivity index (χ3v) is 3.89. The Hall–Kier alpha value is -1.35. The van der Waals surface area contributed by atoms with E-state index in [1.54, 1.807) is 19.0 Å². The number of aliphatic hydroxyl groups is 1. The minimum Gasteiger partial charge on any atom is -0.388 e. The average molecular weight is 261 g/mol. The summed E-state index contributed by atoms with van der Waals surface area (Å²) >= 11 is 0. The minimum atomic E-state index is -0.531. The first kappa shape index (κ1) is 14.1. The van der Waals surface area contributed by atoms with Gasteiger partial charge in [-0.1, -0.05) is 18.2 Å². The molecule has 0 aliphatic heterocycles. The molecule has 0 fully saturated rings. The van der Waals surface area contributed by atoms with E-state index in [1.807, 2.05) is 6.07 Å². The van der Waals surface area contributed by atoms with Crippen LogP contribution in [0.3, 0.4) is 0 Å². The van der Waals surface area contributed by atoms with Crippen molar-refractivity contribution in [2.24, 2.45) is 0 Å². The molecule has 19 heavy (non-hydrogen) atoms. The number of aliphatic hydroxyl groups excluding tert-OH is 1. The molecule has 1 aromatic carbocycles. The van der Waals surface area contributed by atoms with Crippen molar-refractivity contribution in [2.75, 3.05) is 14.1 Å². The van der Waals surface area contributed by atoms with Gasteiger partial charge in [-0.15, -0.1) is 0 Å². The number of nitrogens with zero attached hydrogens (tertiary/aromatic N) is 1. The molecule has 104 valence electrons. The van der Waals surface area contributed by atoms with E-state index in [9.17, 15) is 9.90 Å². The number of aryl methyl sites for hydroxylation is 2. The first-order valence-corrected chi connectivity index (χ1v) is 7.08. The Balaban J connectivity index is 1.99. The van der Waals surface area contributed by atoms with E-state index in [1.165, 1.54) is 24.0 Å². The van der Waals surface area contributed by atoms with Crippen LogP contribution in [0.1, 0.15) is 48.5 Å². The van der Waals surface area contributed by atoms with Crippen molar-refractivity contribution >= 4 is 5.91 Å². The fraction of sp³-hybridized carbons (Fsp3) is 0.562. The maximum atomic E-state index is 11.5. The van der Waals surface area contributed by atoms with Gasteiger partial charge >= 0.3 is 0 Å². The van der Waals surface area contributed by atoms with Crippen LogP contribution in [0.25, 0.3) is 0 Å². The molecule has 0 heterocycles. The molecule has 0 spiro atoms. The monoisotopic (exact) mass is 261 g/mol. The molecule has 1 aliphatic carbocycles. The molecule has 3 heteroatoms. The van der Waals surface area contributed by atoms with Gasteiger partial charge in [0.25, 0.3) is 0 Å². The number of hydrogen-bond donors (Lipinski definition) is 1. The van der Waals surface area contributed by atoms with E-state index in [4.69, 9.17) is 0 Å². The predicted octanol–water partition coefficient (Wildman–Crippen LogP) is 2.47. The quantitative estimate of drug-likeness (QED) is 0.904. The van der Waals surface area contributed by atoms with Crippen LogP contribution in [-0.4, -0.2) is 30.0 Å². The van der Waals surface area contributed by atoms with Crippen molar-refractivity contribution in [1.82, 2.24) is 4.90 Å². The second-order valence-corrected chi connectivity index (χ2v) is 5.58. The summed E-state index contributed by atoms with van der Waals surface area (Å²) in [5.74, 6) is 0.0667. The lowest BCUT2D eigenvalue weighted by Gasteiger charge is -2.19. The summed E-state index contributed by atoms with van der Waals surface area (Å²) in [6.07, 6.45) is 5.15. The van der Waals surface area contributed by atoms with E-state index < -0.39 is 6.10 Å². The Morgan fingerprint density at radius 1 is 1.26 bits per heavy atom. The number of rotatable bonds is 4. The molecule has 2 rings (SSSR count). The minimum absolute atomic E-state index is 0.0667. The lowest BCUT2D eigenvalue weighted by atomic mass is 9.89. The van der Waals surface area contributed by atoms with E-state index in [0.29, 0.717) is 12.8 Å². The summed E-state index contributed by atoms with van der Waals surface area (Å²) in [5, 5.41) is 10.2. The van der Waals surface area contributed by atoms with E-state index >= 15 is 0 Å². The van der Waals surface area contributed by atoms with Crippen molar-refractivity contribution in [1.29, 1.82) is 0 Å². The van der Waals surface area contributed by atoms with Crippen LogP contribution in [-0.2, 0) is 17.6 Å². The lowest BCUT2D eigenvalue weighted by Crippen LogP contribution is -2.21. The topological polar surface area (TPSA) is 40.5 Å². The van der Waals surface area contributed by atoms with Gasteiger partial charge in [0, 0.05) is 20.5 Å². The second kappa shape index (κ2) is 6.20.